The smallest absolute Gasteiger partial charge is 0.353 e. The summed E-state index contributed by atoms with van der Waals surface area (Å²) in [7, 11) is 0. The van der Waals surface area contributed by atoms with Crippen LogP contribution in [0, 0.1) is 0 Å². The van der Waals surface area contributed by atoms with Crippen molar-refractivity contribution < 1.29 is 9.90 Å². The Morgan fingerprint density at radius 3 is 3.11 bits per heavy atom. The Balaban J connectivity index is 2.07. The van der Waals surface area contributed by atoms with Gasteiger partial charge in [-0.05, 0) is 24.1 Å². The average molecular weight is 260 g/mol. The molecule has 2 heterocycles. The van der Waals surface area contributed by atoms with Crippen molar-refractivity contribution in [2.75, 3.05) is 0 Å². The predicted octanol–water partition coefficient (Wildman–Crippen LogP) is 2.81. The van der Waals surface area contributed by atoms with Gasteiger partial charge in [0.1, 0.15) is 5.69 Å². The molecule has 4 nitrogen and oxygen atoms in total. The van der Waals surface area contributed by atoms with Gasteiger partial charge in [-0.25, -0.2) is 4.79 Å². The third kappa shape index (κ3) is 1.80. The number of carbonyl (C=O) groups is 1. The number of nitrogens with one attached hydrogen (secondary N) is 1. The third-order valence-electron chi connectivity index (χ3n) is 3.04. The highest BCUT2D eigenvalue weighted by Crippen LogP contribution is 2.41. The normalized spacial score (nSPS) is 17.7. The second-order valence-corrected chi connectivity index (χ2v) is 5.87. The molecule has 0 aliphatic carbocycles. The number of aromatic nitrogens is 2. The van der Waals surface area contributed by atoms with Crippen LogP contribution in [0.2, 0.25) is 0 Å². The van der Waals surface area contributed by atoms with Crippen molar-refractivity contribution in [3.63, 3.8) is 0 Å². The van der Waals surface area contributed by atoms with E-state index in [0.29, 0.717) is 10.9 Å². The molecule has 0 saturated carbocycles. The minimum atomic E-state index is -0.982. The summed E-state index contributed by atoms with van der Waals surface area (Å²) in [6.45, 7) is 2.20. The molecule has 92 valence electrons. The van der Waals surface area contributed by atoms with E-state index >= 15 is 0 Å². The first-order valence-corrected chi connectivity index (χ1v) is 6.60. The molecular weight excluding hydrogens is 248 g/mol. The molecule has 1 aliphatic heterocycles. The first kappa shape index (κ1) is 11.3. The molecule has 1 atom stereocenters. The van der Waals surface area contributed by atoms with E-state index in [0.717, 1.165) is 12.0 Å². The van der Waals surface area contributed by atoms with E-state index in [9.17, 15) is 4.79 Å². The number of H-pyrrole nitrogens is 1. The van der Waals surface area contributed by atoms with Crippen LogP contribution in [0.4, 0.5) is 0 Å². The Kier molecular flexibility index (Phi) is 2.63. The van der Waals surface area contributed by atoms with Gasteiger partial charge in [-0.15, -0.1) is 11.8 Å². The summed E-state index contributed by atoms with van der Waals surface area (Å²) < 4.78 is 0. The number of fused-ring (bicyclic) bond motifs is 1. The molecule has 3 rings (SSSR count). The van der Waals surface area contributed by atoms with Gasteiger partial charge in [0.05, 0.1) is 5.69 Å². The monoisotopic (exact) mass is 260 g/mol. The van der Waals surface area contributed by atoms with Crippen molar-refractivity contribution in [3.8, 4) is 11.3 Å². The van der Waals surface area contributed by atoms with Gasteiger partial charge in [0.25, 0.3) is 0 Å². The molecule has 0 bridgehead atoms. The lowest BCUT2D eigenvalue weighted by molar-refractivity contribution is 0.0690. The van der Waals surface area contributed by atoms with Gasteiger partial charge in [0.15, 0.2) is 0 Å². The molecule has 0 spiro atoms. The van der Waals surface area contributed by atoms with Gasteiger partial charge in [0, 0.05) is 15.7 Å². The average Bonchev–Trinajstić information content (AvgIpc) is 2.92. The van der Waals surface area contributed by atoms with Crippen LogP contribution < -0.4 is 0 Å². The summed E-state index contributed by atoms with van der Waals surface area (Å²) in [6, 6.07) is 7.69. The molecule has 0 radical (unpaired) electrons. The largest absolute Gasteiger partial charge is 0.477 e. The maximum atomic E-state index is 10.9. The van der Waals surface area contributed by atoms with Crippen LogP contribution in [0.25, 0.3) is 11.3 Å². The first-order chi connectivity index (χ1) is 8.65. The molecule has 2 aromatic rings. The summed E-state index contributed by atoms with van der Waals surface area (Å²) in [5.74, 6) is -0.982. The van der Waals surface area contributed by atoms with E-state index in [1.54, 1.807) is 6.07 Å². The highest BCUT2D eigenvalue weighted by Gasteiger charge is 2.22. The van der Waals surface area contributed by atoms with Gasteiger partial charge in [-0.3, -0.25) is 5.10 Å². The number of hydrogen-bond donors (Lipinski definition) is 2. The van der Waals surface area contributed by atoms with E-state index < -0.39 is 5.97 Å². The SMILES string of the molecule is CC1Cc2c(cccc2-c2cc(C(=O)O)[nH]n2)S1. The minimum absolute atomic E-state index is 0.126. The van der Waals surface area contributed by atoms with Crippen LogP contribution in [-0.2, 0) is 6.42 Å². The molecule has 0 saturated heterocycles. The van der Waals surface area contributed by atoms with E-state index in [-0.39, 0.29) is 5.69 Å². The zero-order chi connectivity index (χ0) is 12.7. The standard InChI is InChI=1S/C13H12N2O2S/c1-7-5-9-8(3-2-4-12(9)18-7)10-6-11(13(16)17)15-14-10/h2-4,6-7H,5H2,1H3,(H,14,15)(H,16,17). The molecule has 0 fully saturated rings. The number of aromatic carboxylic acids is 1. The van der Waals surface area contributed by atoms with Crippen molar-refractivity contribution in [3.05, 3.63) is 35.5 Å². The van der Waals surface area contributed by atoms with E-state index in [2.05, 4.69) is 23.2 Å². The first-order valence-electron chi connectivity index (χ1n) is 5.73. The van der Waals surface area contributed by atoms with Crippen LogP contribution in [0.3, 0.4) is 0 Å². The van der Waals surface area contributed by atoms with E-state index in [1.807, 2.05) is 23.9 Å². The number of thioether (sulfide) groups is 1. The Morgan fingerprint density at radius 2 is 2.39 bits per heavy atom. The van der Waals surface area contributed by atoms with Crippen LogP contribution in [0.5, 0.6) is 0 Å². The minimum Gasteiger partial charge on any atom is -0.477 e. The Labute approximate surface area is 108 Å². The molecule has 18 heavy (non-hydrogen) atoms. The number of benzene rings is 1. The highest BCUT2D eigenvalue weighted by molar-refractivity contribution is 8.00. The zero-order valence-electron chi connectivity index (χ0n) is 9.80. The molecule has 0 amide bonds. The van der Waals surface area contributed by atoms with Gasteiger partial charge < -0.3 is 5.11 Å². The number of carboxylic acids is 1. The highest BCUT2D eigenvalue weighted by atomic mass is 32.2. The molecule has 2 N–H and O–H groups in total. The summed E-state index contributed by atoms with van der Waals surface area (Å²) in [6.07, 6.45) is 1.01. The van der Waals surface area contributed by atoms with E-state index in [1.165, 1.54) is 10.5 Å². The lowest BCUT2D eigenvalue weighted by atomic mass is 10.0. The second kappa shape index (κ2) is 4.17. The molecule has 1 aromatic heterocycles. The number of nitrogens with zero attached hydrogens (tertiary/aromatic N) is 1. The lowest BCUT2D eigenvalue weighted by Crippen LogP contribution is -1.95. The maximum Gasteiger partial charge on any atom is 0.353 e. The Morgan fingerprint density at radius 1 is 1.56 bits per heavy atom. The number of hydrogen-bond acceptors (Lipinski definition) is 3. The summed E-state index contributed by atoms with van der Waals surface area (Å²) >= 11 is 1.86. The Bertz CT molecular complexity index is 621. The van der Waals surface area contributed by atoms with Crippen molar-refractivity contribution >= 4 is 17.7 Å². The number of rotatable bonds is 2. The van der Waals surface area contributed by atoms with Crippen molar-refractivity contribution in [2.45, 2.75) is 23.5 Å². The fourth-order valence-electron chi connectivity index (χ4n) is 2.24. The van der Waals surface area contributed by atoms with E-state index in [4.69, 9.17) is 5.11 Å². The lowest BCUT2D eigenvalue weighted by Gasteiger charge is -2.04. The van der Waals surface area contributed by atoms with Crippen LogP contribution >= 0.6 is 11.8 Å². The van der Waals surface area contributed by atoms with Crippen LogP contribution in [0.1, 0.15) is 23.0 Å². The zero-order valence-corrected chi connectivity index (χ0v) is 10.6. The van der Waals surface area contributed by atoms with Gasteiger partial charge in [0.2, 0.25) is 0 Å². The van der Waals surface area contributed by atoms with Gasteiger partial charge in [-0.1, -0.05) is 19.1 Å². The molecule has 1 aromatic carbocycles. The van der Waals surface area contributed by atoms with Crippen molar-refractivity contribution in [1.29, 1.82) is 0 Å². The fraction of sp³-hybridized carbons (Fsp3) is 0.231. The topological polar surface area (TPSA) is 66.0 Å². The number of aromatic amines is 1. The van der Waals surface area contributed by atoms with Gasteiger partial charge >= 0.3 is 5.97 Å². The summed E-state index contributed by atoms with van der Waals surface area (Å²) in [5, 5.41) is 16.1. The van der Waals surface area contributed by atoms with Crippen molar-refractivity contribution in [2.24, 2.45) is 0 Å². The Hall–Kier alpha value is -1.75. The summed E-state index contributed by atoms with van der Waals surface area (Å²) in [4.78, 5) is 12.1. The second-order valence-electron chi connectivity index (χ2n) is 4.39. The summed E-state index contributed by atoms with van der Waals surface area (Å²) in [5.41, 5.74) is 3.15. The van der Waals surface area contributed by atoms with Crippen LogP contribution in [0.15, 0.2) is 29.2 Å². The van der Waals surface area contributed by atoms with Crippen LogP contribution in [-0.4, -0.2) is 26.5 Å². The molecule has 1 aliphatic rings. The third-order valence-corrected chi connectivity index (χ3v) is 4.24. The fourth-order valence-corrected chi connectivity index (χ4v) is 3.42. The molecule has 5 heteroatoms. The molecule has 1 unspecified atom stereocenters. The quantitative estimate of drug-likeness (QED) is 0.871. The molecular formula is C13H12N2O2S. The van der Waals surface area contributed by atoms with Crippen molar-refractivity contribution in [1.82, 2.24) is 10.2 Å². The maximum absolute atomic E-state index is 10.9. The number of carboxylic acid groups (broad SMARTS) is 1. The predicted molar refractivity (Wildman–Crippen MR) is 70.0 cm³/mol. The van der Waals surface area contributed by atoms with Gasteiger partial charge in [-0.2, -0.15) is 5.10 Å².